The minimum absolute atomic E-state index is 0.0744. The van der Waals surface area contributed by atoms with Crippen molar-refractivity contribution in [3.8, 4) is 0 Å². The van der Waals surface area contributed by atoms with Gasteiger partial charge in [-0.05, 0) is 31.5 Å². The number of benzene rings is 1. The Morgan fingerprint density at radius 1 is 1.52 bits per heavy atom. The number of nitrogens with one attached hydrogen (secondary N) is 2. The summed E-state index contributed by atoms with van der Waals surface area (Å²) in [6, 6.07) is 5.59. The first kappa shape index (κ1) is 16.1. The van der Waals surface area contributed by atoms with E-state index in [0.717, 1.165) is 23.3 Å². The Labute approximate surface area is 140 Å². The third-order valence-electron chi connectivity index (χ3n) is 4.26. The number of aromatic nitrogens is 2. The second kappa shape index (κ2) is 6.76. The van der Waals surface area contributed by atoms with Crippen LogP contribution in [0.5, 0.6) is 0 Å². The number of rotatable bonds is 4. The smallest absolute Gasteiger partial charge is 0.315 e. The van der Waals surface area contributed by atoms with Crippen molar-refractivity contribution in [2.75, 3.05) is 13.2 Å². The summed E-state index contributed by atoms with van der Waals surface area (Å²) in [5, 5.41) is 6.49. The second-order valence-corrected chi connectivity index (χ2v) is 6.28. The number of hydrogen-bond acceptors (Lipinski definition) is 3. The van der Waals surface area contributed by atoms with E-state index in [9.17, 15) is 4.79 Å². The summed E-state index contributed by atoms with van der Waals surface area (Å²) in [6.45, 7) is 3.20. The van der Waals surface area contributed by atoms with Gasteiger partial charge in [-0.2, -0.15) is 0 Å². The minimum atomic E-state index is -0.158. The number of hydrogen-bond donors (Lipinski definition) is 2. The molecule has 2 aromatic rings. The van der Waals surface area contributed by atoms with Gasteiger partial charge in [0.05, 0.1) is 23.2 Å². The van der Waals surface area contributed by atoms with Crippen molar-refractivity contribution >= 4 is 28.7 Å². The van der Waals surface area contributed by atoms with Crippen LogP contribution in [0.15, 0.2) is 18.2 Å². The predicted octanol–water partition coefficient (Wildman–Crippen LogP) is 2.25. The van der Waals surface area contributed by atoms with Gasteiger partial charge in [-0.3, -0.25) is 0 Å². The van der Waals surface area contributed by atoms with Gasteiger partial charge in [0.15, 0.2) is 0 Å². The van der Waals surface area contributed by atoms with Crippen molar-refractivity contribution in [1.82, 2.24) is 20.2 Å². The molecule has 1 aliphatic rings. The lowest BCUT2D eigenvalue weighted by Crippen LogP contribution is -2.45. The Morgan fingerprint density at radius 3 is 3.09 bits per heavy atom. The summed E-state index contributed by atoms with van der Waals surface area (Å²) in [6.07, 6.45) is 1.60. The minimum Gasteiger partial charge on any atom is -0.376 e. The number of nitrogens with zero attached hydrogens (tertiary/aromatic N) is 2. The first-order chi connectivity index (χ1) is 11.0. The molecule has 1 saturated heterocycles. The lowest BCUT2D eigenvalue weighted by atomic mass is 10.2. The molecule has 2 heterocycles. The van der Waals surface area contributed by atoms with Gasteiger partial charge in [0, 0.05) is 31.6 Å². The number of fused-ring (bicyclic) bond motifs is 1. The van der Waals surface area contributed by atoms with Crippen LogP contribution in [-0.4, -0.2) is 40.9 Å². The largest absolute Gasteiger partial charge is 0.376 e. The average Bonchev–Trinajstić information content (AvgIpc) is 3.03. The molecule has 1 aliphatic heterocycles. The second-order valence-electron chi connectivity index (χ2n) is 5.84. The Bertz CT molecular complexity index is 715. The molecule has 1 fully saturated rings. The molecule has 6 nitrogen and oxygen atoms in total. The molecule has 2 N–H and O–H groups in total. The van der Waals surface area contributed by atoms with Gasteiger partial charge < -0.3 is 19.9 Å². The van der Waals surface area contributed by atoms with Crippen molar-refractivity contribution in [1.29, 1.82) is 0 Å². The van der Waals surface area contributed by atoms with Gasteiger partial charge in [-0.25, -0.2) is 9.78 Å². The molecule has 1 aromatic carbocycles. The van der Waals surface area contributed by atoms with E-state index in [1.54, 1.807) is 0 Å². The van der Waals surface area contributed by atoms with Crippen LogP contribution in [0.4, 0.5) is 4.79 Å². The fraction of sp³-hybridized carbons (Fsp3) is 0.500. The zero-order valence-electron chi connectivity index (χ0n) is 13.3. The van der Waals surface area contributed by atoms with Crippen LogP contribution in [0, 0.1) is 0 Å². The first-order valence-electron chi connectivity index (χ1n) is 7.81. The van der Waals surface area contributed by atoms with Gasteiger partial charge in [-0.15, -0.1) is 0 Å². The lowest BCUT2D eigenvalue weighted by molar-refractivity contribution is 0.114. The average molecular weight is 337 g/mol. The van der Waals surface area contributed by atoms with E-state index in [1.165, 1.54) is 0 Å². The van der Waals surface area contributed by atoms with Gasteiger partial charge in [0.1, 0.15) is 5.82 Å². The first-order valence-corrected chi connectivity index (χ1v) is 8.19. The monoisotopic (exact) mass is 336 g/mol. The number of urea groups is 1. The van der Waals surface area contributed by atoms with Gasteiger partial charge in [-0.1, -0.05) is 11.6 Å². The molecule has 0 bridgehead atoms. The predicted molar refractivity (Wildman–Crippen MR) is 89.8 cm³/mol. The Kier molecular flexibility index (Phi) is 4.73. The van der Waals surface area contributed by atoms with Crippen LogP contribution < -0.4 is 10.6 Å². The third kappa shape index (κ3) is 3.59. The number of carbonyl (C=O) groups is 1. The van der Waals surface area contributed by atoms with Gasteiger partial charge in [0.2, 0.25) is 0 Å². The van der Waals surface area contributed by atoms with Crippen molar-refractivity contribution in [3.63, 3.8) is 0 Å². The highest BCUT2D eigenvalue weighted by atomic mass is 35.5. The number of imidazole rings is 1. The SMILES string of the molecule is C[C@H]1OCC[C@H]1NC(=O)NCCc1nc2cc(Cl)ccc2n1C. The molecule has 0 saturated carbocycles. The summed E-state index contributed by atoms with van der Waals surface area (Å²) in [7, 11) is 1.97. The maximum absolute atomic E-state index is 11.9. The molecule has 0 aliphatic carbocycles. The molecule has 23 heavy (non-hydrogen) atoms. The summed E-state index contributed by atoms with van der Waals surface area (Å²) < 4.78 is 7.46. The van der Waals surface area contributed by atoms with E-state index in [4.69, 9.17) is 16.3 Å². The number of carbonyl (C=O) groups excluding carboxylic acids is 1. The highest BCUT2D eigenvalue weighted by molar-refractivity contribution is 6.31. The molecular formula is C16H21ClN4O2. The van der Waals surface area contributed by atoms with Crippen LogP contribution in [0.1, 0.15) is 19.2 Å². The molecule has 0 spiro atoms. The van der Waals surface area contributed by atoms with Crippen molar-refractivity contribution in [2.24, 2.45) is 7.05 Å². The molecule has 124 valence electrons. The molecule has 0 radical (unpaired) electrons. The number of aryl methyl sites for hydroxylation is 1. The Balaban J connectivity index is 1.54. The highest BCUT2D eigenvalue weighted by Crippen LogP contribution is 2.19. The topological polar surface area (TPSA) is 68.2 Å². The van der Waals surface area contributed by atoms with Gasteiger partial charge in [0.25, 0.3) is 0 Å². The van der Waals surface area contributed by atoms with Crippen molar-refractivity contribution in [3.05, 3.63) is 29.0 Å². The van der Waals surface area contributed by atoms with Crippen LogP contribution in [-0.2, 0) is 18.2 Å². The van der Waals surface area contributed by atoms with Crippen LogP contribution in [0.3, 0.4) is 0 Å². The summed E-state index contributed by atoms with van der Waals surface area (Å²) >= 11 is 5.99. The zero-order valence-corrected chi connectivity index (χ0v) is 14.1. The summed E-state index contributed by atoms with van der Waals surface area (Å²) in [5.74, 6) is 0.917. The molecule has 2 amide bonds. The maximum Gasteiger partial charge on any atom is 0.315 e. The van der Waals surface area contributed by atoms with E-state index in [2.05, 4.69) is 15.6 Å². The van der Waals surface area contributed by atoms with Crippen LogP contribution >= 0.6 is 11.6 Å². The highest BCUT2D eigenvalue weighted by Gasteiger charge is 2.25. The zero-order chi connectivity index (χ0) is 16.4. The van der Waals surface area contributed by atoms with Crippen LogP contribution in [0.25, 0.3) is 11.0 Å². The summed E-state index contributed by atoms with van der Waals surface area (Å²) in [4.78, 5) is 16.5. The number of halogens is 1. The van der Waals surface area contributed by atoms with E-state index < -0.39 is 0 Å². The summed E-state index contributed by atoms with van der Waals surface area (Å²) in [5.41, 5.74) is 1.90. The fourth-order valence-electron chi connectivity index (χ4n) is 2.87. The van der Waals surface area contributed by atoms with Gasteiger partial charge >= 0.3 is 6.03 Å². The molecular weight excluding hydrogens is 316 g/mol. The maximum atomic E-state index is 11.9. The molecule has 1 aromatic heterocycles. The Hall–Kier alpha value is -1.79. The molecule has 7 heteroatoms. The standard InChI is InChI=1S/C16H21ClN4O2/c1-10-12(6-8-23-10)20-16(22)18-7-5-15-19-13-9-11(17)3-4-14(13)21(15)2/h3-4,9-10,12H,5-8H2,1-2H3,(H2,18,20,22)/t10-,12-/m1/s1. The van der Waals surface area contributed by atoms with E-state index in [1.807, 2.05) is 36.7 Å². The Morgan fingerprint density at radius 2 is 2.35 bits per heavy atom. The quantitative estimate of drug-likeness (QED) is 0.899. The molecule has 3 rings (SSSR count). The van der Waals surface area contributed by atoms with E-state index in [0.29, 0.717) is 24.6 Å². The lowest BCUT2D eigenvalue weighted by Gasteiger charge is -2.16. The van der Waals surface area contributed by atoms with Crippen molar-refractivity contribution < 1.29 is 9.53 Å². The van der Waals surface area contributed by atoms with Crippen molar-refractivity contribution in [2.45, 2.75) is 31.9 Å². The number of amides is 2. The van der Waals surface area contributed by atoms with E-state index in [-0.39, 0.29) is 18.2 Å². The molecule has 0 unspecified atom stereocenters. The fourth-order valence-corrected chi connectivity index (χ4v) is 3.04. The van der Waals surface area contributed by atoms with Crippen LogP contribution in [0.2, 0.25) is 5.02 Å². The van der Waals surface area contributed by atoms with E-state index >= 15 is 0 Å². The molecule has 2 atom stereocenters. The third-order valence-corrected chi connectivity index (χ3v) is 4.50. The number of ether oxygens (including phenoxy) is 1. The normalized spacial score (nSPS) is 20.8.